The van der Waals surface area contributed by atoms with Crippen LogP contribution in [0.5, 0.6) is 0 Å². The van der Waals surface area contributed by atoms with Gasteiger partial charge in [-0.05, 0) is 23.8 Å². The number of carbonyl (C=O) groups excluding carboxylic acids is 1. The average molecular weight is 419 g/mol. The predicted molar refractivity (Wildman–Crippen MR) is 114 cm³/mol. The number of aliphatic hydroxyl groups is 1. The van der Waals surface area contributed by atoms with Gasteiger partial charge in [-0.3, -0.25) is 4.79 Å². The molecule has 30 heavy (non-hydrogen) atoms. The highest BCUT2D eigenvalue weighted by Gasteiger charge is 2.47. The number of thiazole rings is 1. The Morgan fingerprint density at radius 3 is 2.87 bits per heavy atom. The molecule has 3 aromatic heterocycles. The van der Waals surface area contributed by atoms with Crippen molar-refractivity contribution in [2.24, 2.45) is 0 Å². The van der Waals surface area contributed by atoms with Crippen LogP contribution in [0.1, 0.15) is 12.8 Å². The van der Waals surface area contributed by atoms with Gasteiger partial charge >= 0.3 is 0 Å². The summed E-state index contributed by atoms with van der Waals surface area (Å²) in [5.41, 5.74) is 7.79. The number of nitrogens with zero attached hydrogens (tertiary/aromatic N) is 5. The number of amides is 1. The number of fused-ring (bicyclic) bond motifs is 1. The van der Waals surface area contributed by atoms with Gasteiger partial charge in [0.05, 0.1) is 16.1 Å². The van der Waals surface area contributed by atoms with E-state index in [0.717, 1.165) is 16.0 Å². The fourth-order valence-electron chi connectivity index (χ4n) is 3.56. The van der Waals surface area contributed by atoms with Gasteiger partial charge in [0.2, 0.25) is 0 Å². The summed E-state index contributed by atoms with van der Waals surface area (Å²) in [4.78, 5) is 31.6. The second kappa shape index (κ2) is 6.82. The van der Waals surface area contributed by atoms with Gasteiger partial charge in [-0.25, -0.2) is 19.9 Å². The summed E-state index contributed by atoms with van der Waals surface area (Å²) in [5.74, 6) is -0.155. The third-order valence-electron chi connectivity index (χ3n) is 5.27. The second-order valence-electron chi connectivity index (χ2n) is 7.22. The Morgan fingerprint density at radius 1 is 1.23 bits per heavy atom. The first-order valence-electron chi connectivity index (χ1n) is 9.81. The van der Waals surface area contributed by atoms with E-state index in [1.165, 1.54) is 16.2 Å². The monoisotopic (exact) mass is 419 g/mol. The molecule has 1 aliphatic heterocycles. The van der Waals surface area contributed by atoms with E-state index in [4.69, 9.17) is 7.10 Å². The number of pyridine rings is 1. The Morgan fingerprint density at radius 2 is 2.07 bits per heavy atom. The maximum absolute atomic E-state index is 12.4. The number of anilines is 1. The molecule has 1 aliphatic rings. The average Bonchev–Trinajstić information content (AvgIpc) is 3.36. The topological polar surface area (TPSA) is 118 Å². The molecule has 150 valence electrons. The minimum absolute atomic E-state index is 0.142. The largest absolute Gasteiger partial charge is 0.382 e. The summed E-state index contributed by atoms with van der Waals surface area (Å²) in [6.07, 6.45) is 1.87. The van der Waals surface area contributed by atoms with Crippen LogP contribution < -0.4 is 5.73 Å². The highest BCUT2D eigenvalue weighted by molar-refractivity contribution is 7.15. The number of nitrogens with two attached hydrogens (primary N) is 1. The van der Waals surface area contributed by atoms with Crippen molar-refractivity contribution in [2.45, 2.75) is 12.0 Å². The van der Waals surface area contributed by atoms with Crippen LogP contribution in [0.2, 0.25) is 0 Å². The highest BCUT2D eigenvalue weighted by atomic mass is 32.1. The van der Waals surface area contributed by atoms with Crippen LogP contribution >= 0.6 is 11.3 Å². The molecule has 0 aliphatic carbocycles. The molecule has 1 saturated heterocycles. The van der Waals surface area contributed by atoms with Crippen molar-refractivity contribution >= 4 is 34.1 Å². The first-order chi connectivity index (χ1) is 14.8. The van der Waals surface area contributed by atoms with E-state index in [1.807, 2.05) is 30.3 Å². The zero-order valence-corrected chi connectivity index (χ0v) is 16.8. The van der Waals surface area contributed by atoms with Crippen LogP contribution in [0.3, 0.4) is 0 Å². The lowest BCUT2D eigenvalue weighted by Gasteiger charge is -2.17. The summed E-state index contributed by atoms with van der Waals surface area (Å²) < 4.78 is 7.58. The zero-order valence-electron chi connectivity index (χ0n) is 17.0. The number of likely N-dealkylation sites (tertiary alicyclic amines) is 1. The van der Waals surface area contributed by atoms with Crippen molar-refractivity contribution < 1.29 is 11.3 Å². The van der Waals surface area contributed by atoms with Gasteiger partial charge in [-0.15, -0.1) is 11.3 Å². The van der Waals surface area contributed by atoms with Gasteiger partial charge < -0.3 is 15.7 Å². The lowest BCUT2D eigenvalue weighted by molar-refractivity contribution is -0.143. The molecule has 0 saturated carbocycles. The Hall–Kier alpha value is -3.43. The molecule has 0 bridgehead atoms. The Labute approximate surface area is 177 Å². The van der Waals surface area contributed by atoms with Crippen molar-refractivity contribution in [3.63, 3.8) is 0 Å². The number of rotatable bonds is 3. The molecule has 0 spiro atoms. The molecule has 4 heterocycles. The third kappa shape index (κ3) is 2.90. The van der Waals surface area contributed by atoms with Crippen molar-refractivity contribution in [3.05, 3.63) is 53.9 Å². The Kier molecular flexibility index (Phi) is 3.96. The first kappa shape index (κ1) is 17.4. The number of carbonyl (C=O) groups is 1. The van der Waals surface area contributed by atoms with Crippen molar-refractivity contribution in [1.29, 1.82) is 0 Å². The number of likely N-dealkylation sites (N-methyl/N-ethyl adjacent to an activating group) is 1. The van der Waals surface area contributed by atoms with Gasteiger partial charge in [0.15, 0.2) is 11.4 Å². The van der Waals surface area contributed by atoms with Crippen LogP contribution in [-0.4, -0.2) is 49.4 Å². The molecule has 1 amide bonds. The van der Waals surface area contributed by atoms with Gasteiger partial charge in [0.25, 0.3) is 5.91 Å². The van der Waals surface area contributed by atoms with E-state index in [9.17, 15) is 9.90 Å². The van der Waals surface area contributed by atoms with Crippen molar-refractivity contribution in [3.8, 4) is 21.7 Å². The van der Waals surface area contributed by atoms with Crippen LogP contribution in [0.15, 0.2) is 48.9 Å². The molecular formula is C21H18N6O2S. The first-order valence-corrected chi connectivity index (χ1v) is 10.1. The van der Waals surface area contributed by atoms with E-state index < -0.39 is 5.60 Å². The molecule has 0 unspecified atom stereocenters. The van der Waals surface area contributed by atoms with Crippen molar-refractivity contribution in [2.75, 3.05) is 19.3 Å². The lowest BCUT2D eigenvalue weighted by Crippen LogP contribution is -2.35. The highest BCUT2D eigenvalue weighted by Crippen LogP contribution is 2.38. The summed E-state index contributed by atoms with van der Waals surface area (Å²) in [7, 11) is 1.68. The maximum Gasteiger partial charge on any atom is 0.261 e. The van der Waals surface area contributed by atoms with E-state index >= 15 is 0 Å². The summed E-state index contributed by atoms with van der Waals surface area (Å²) in [6, 6.07) is 11.3. The normalized spacial score (nSPS) is 19.5. The minimum atomic E-state index is -1.55. The summed E-state index contributed by atoms with van der Waals surface area (Å²) >= 11 is 1.31. The predicted octanol–water partition coefficient (Wildman–Crippen LogP) is 2.45. The van der Waals surface area contributed by atoms with Gasteiger partial charge in [0.1, 0.15) is 18.2 Å². The third-order valence-corrected chi connectivity index (χ3v) is 6.47. The molecule has 4 aromatic rings. The molecule has 0 radical (unpaired) electrons. The maximum atomic E-state index is 12.4. The standard InChI is InChI=1S/C21H18N6O2S/c1-27-8-7-21(29,20(27)28)19-23-10-16(30-19)13-4-2-3-12(9-13)14-5-6-15-17(26-14)18(22)25-11-24-15/h2-6,9-11,29H,7-8H2,1H3,(H2,22,24,25)/t21-/m0/s1/i11D. The number of hydrogen-bond donors (Lipinski definition) is 2. The van der Waals surface area contributed by atoms with Crippen LogP contribution in [-0.2, 0) is 10.4 Å². The van der Waals surface area contributed by atoms with E-state index in [1.54, 1.807) is 19.3 Å². The Balaban J connectivity index is 1.51. The Bertz CT molecular complexity index is 1340. The van der Waals surface area contributed by atoms with E-state index in [2.05, 4.69) is 19.9 Å². The lowest BCUT2D eigenvalue weighted by atomic mass is 10.0. The molecule has 5 rings (SSSR count). The number of aromatic nitrogens is 4. The van der Waals surface area contributed by atoms with Gasteiger partial charge in [-0.1, -0.05) is 18.2 Å². The fraction of sp³-hybridized carbons (Fsp3) is 0.190. The van der Waals surface area contributed by atoms with Crippen LogP contribution in [0.25, 0.3) is 32.7 Å². The molecule has 1 atom stereocenters. The smallest absolute Gasteiger partial charge is 0.261 e. The summed E-state index contributed by atoms with van der Waals surface area (Å²) in [5, 5.41) is 11.3. The zero-order chi connectivity index (χ0) is 21.8. The van der Waals surface area contributed by atoms with Gasteiger partial charge in [-0.2, -0.15) is 0 Å². The summed E-state index contributed by atoms with van der Waals surface area (Å²) in [6.45, 7) is 0.502. The number of hydrogen-bond acceptors (Lipinski definition) is 8. The van der Waals surface area contributed by atoms with Crippen molar-refractivity contribution in [1.82, 2.24) is 24.8 Å². The molecule has 3 N–H and O–H groups in total. The molecule has 9 heteroatoms. The SMILES string of the molecule is [2H]c1nc(N)c2nc(-c3cccc(-c4cnc([C@@]5(O)CCN(C)C5=O)s4)c3)ccc2n1. The van der Waals surface area contributed by atoms with E-state index in [0.29, 0.717) is 34.7 Å². The quantitative estimate of drug-likeness (QED) is 0.524. The van der Waals surface area contributed by atoms with Crippen LogP contribution in [0, 0.1) is 0 Å². The fourth-order valence-corrected chi connectivity index (χ4v) is 4.58. The molecule has 1 fully saturated rings. The molecule has 8 nitrogen and oxygen atoms in total. The van der Waals surface area contributed by atoms with Gasteiger partial charge in [0, 0.05) is 31.8 Å². The second-order valence-corrected chi connectivity index (χ2v) is 8.25. The van der Waals surface area contributed by atoms with E-state index in [-0.39, 0.29) is 18.0 Å². The number of benzene rings is 1. The number of nitrogen functional groups attached to an aromatic ring is 1. The molecule has 1 aromatic carbocycles. The molecular weight excluding hydrogens is 400 g/mol. The minimum Gasteiger partial charge on any atom is -0.382 e. The van der Waals surface area contributed by atoms with Crippen LogP contribution in [0.4, 0.5) is 5.82 Å².